The van der Waals surface area contributed by atoms with E-state index in [0.717, 1.165) is 38.2 Å². The van der Waals surface area contributed by atoms with E-state index in [-0.39, 0.29) is 0 Å². The van der Waals surface area contributed by atoms with Crippen molar-refractivity contribution in [3.63, 3.8) is 0 Å². The molecular formula is C14H19ClN2O. The first-order valence-electron chi connectivity index (χ1n) is 6.46. The van der Waals surface area contributed by atoms with E-state index in [1.807, 2.05) is 12.1 Å². The number of anilines is 1. The molecule has 0 aromatic heterocycles. The molecule has 1 heterocycles. The molecule has 1 aromatic carbocycles. The lowest BCUT2D eigenvalue weighted by Crippen LogP contribution is -2.46. The highest BCUT2D eigenvalue weighted by molar-refractivity contribution is 6.33. The van der Waals surface area contributed by atoms with Gasteiger partial charge in [0.15, 0.2) is 6.29 Å². The summed E-state index contributed by atoms with van der Waals surface area (Å²) < 4.78 is 0. The van der Waals surface area contributed by atoms with E-state index in [1.54, 1.807) is 6.07 Å². The van der Waals surface area contributed by atoms with Crippen molar-refractivity contribution in [2.75, 3.05) is 37.6 Å². The minimum Gasteiger partial charge on any atom is -0.369 e. The second-order valence-corrected chi connectivity index (χ2v) is 5.06. The van der Waals surface area contributed by atoms with Crippen molar-refractivity contribution in [1.29, 1.82) is 0 Å². The zero-order valence-electron chi connectivity index (χ0n) is 10.7. The van der Waals surface area contributed by atoms with Gasteiger partial charge >= 0.3 is 0 Å². The Labute approximate surface area is 113 Å². The highest BCUT2D eigenvalue weighted by Crippen LogP contribution is 2.23. The van der Waals surface area contributed by atoms with Crippen LogP contribution in [0.3, 0.4) is 0 Å². The third-order valence-electron chi connectivity index (χ3n) is 3.39. The summed E-state index contributed by atoms with van der Waals surface area (Å²) in [7, 11) is 0. The van der Waals surface area contributed by atoms with Crippen LogP contribution in [0.1, 0.15) is 23.7 Å². The van der Waals surface area contributed by atoms with E-state index in [4.69, 9.17) is 11.6 Å². The minimum absolute atomic E-state index is 0.540. The zero-order valence-corrected chi connectivity index (χ0v) is 11.5. The highest BCUT2D eigenvalue weighted by Gasteiger charge is 2.16. The van der Waals surface area contributed by atoms with Gasteiger partial charge in [0.1, 0.15) is 0 Å². The van der Waals surface area contributed by atoms with Crippen LogP contribution in [0.15, 0.2) is 18.2 Å². The van der Waals surface area contributed by atoms with E-state index in [0.29, 0.717) is 10.6 Å². The maximum absolute atomic E-state index is 10.7. The number of halogens is 1. The van der Waals surface area contributed by atoms with E-state index in [2.05, 4.69) is 16.7 Å². The Morgan fingerprint density at radius 2 is 2.00 bits per heavy atom. The van der Waals surface area contributed by atoms with Gasteiger partial charge in [-0.15, -0.1) is 0 Å². The lowest BCUT2D eigenvalue weighted by Gasteiger charge is -2.36. The van der Waals surface area contributed by atoms with Crippen LogP contribution in [0.25, 0.3) is 0 Å². The summed E-state index contributed by atoms with van der Waals surface area (Å²) >= 11 is 6.06. The van der Waals surface area contributed by atoms with Gasteiger partial charge in [0.25, 0.3) is 0 Å². The van der Waals surface area contributed by atoms with Gasteiger partial charge in [0.2, 0.25) is 0 Å². The molecule has 1 aliphatic heterocycles. The molecule has 4 heteroatoms. The number of piperazine rings is 1. The first-order valence-corrected chi connectivity index (χ1v) is 6.84. The summed E-state index contributed by atoms with van der Waals surface area (Å²) in [6.45, 7) is 7.64. The van der Waals surface area contributed by atoms with Gasteiger partial charge in [-0.2, -0.15) is 0 Å². The second kappa shape index (κ2) is 6.21. The molecule has 0 unspecified atom stereocenters. The quantitative estimate of drug-likeness (QED) is 0.783. The molecule has 0 atom stereocenters. The standard InChI is InChI=1S/C14H19ClN2O/c1-2-5-16-6-8-17(9-7-16)13-4-3-12(11-18)14(15)10-13/h3-4,10-11H,2,5-9H2,1H3. The van der Waals surface area contributed by atoms with Gasteiger partial charge in [0, 0.05) is 37.4 Å². The molecule has 0 N–H and O–H groups in total. The Bertz CT molecular complexity index is 414. The number of benzene rings is 1. The summed E-state index contributed by atoms with van der Waals surface area (Å²) in [5.41, 5.74) is 1.67. The second-order valence-electron chi connectivity index (χ2n) is 4.65. The number of hydrogen-bond donors (Lipinski definition) is 0. The van der Waals surface area contributed by atoms with Crippen molar-refractivity contribution in [1.82, 2.24) is 4.90 Å². The average molecular weight is 267 g/mol. The Balaban J connectivity index is 2.01. The van der Waals surface area contributed by atoms with Crippen LogP contribution in [0, 0.1) is 0 Å². The largest absolute Gasteiger partial charge is 0.369 e. The van der Waals surface area contributed by atoms with Crippen molar-refractivity contribution in [2.24, 2.45) is 0 Å². The molecule has 0 amide bonds. The van der Waals surface area contributed by atoms with Gasteiger partial charge in [0.05, 0.1) is 5.02 Å². The van der Waals surface area contributed by atoms with Crippen molar-refractivity contribution < 1.29 is 4.79 Å². The zero-order chi connectivity index (χ0) is 13.0. The molecule has 1 saturated heterocycles. The van der Waals surface area contributed by atoms with Gasteiger partial charge in [-0.05, 0) is 31.2 Å². The van der Waals surface area contributed by atoms with Crippen LogP contribution >= 0.6 is 11.6 Å². The van der Waals surface area contributed by atoms with Gasteiger partial charge in [-0.3, -0.25) is 9.69 Å². The van der Waals surface area contributed by atoms with Crippen LogP contribution < -0.4 is 4.90 Å². The third kappa shape index (κ3) is 3.03. The van der Waals surface area contributed by atoms with Crippen LogP contribution in [0.2, 0.25) is 5.02 Å². The Morgan fingerprint density at radius 1 is 1.28 bits per heavy atom. The molecule has 2 rings (SSSR count). The monoisotopic (exact) mass is 266 g/mol. The fourth-order valence-electron chi connectivity index (χ4n) is 2.35. The molecule has 0 aliphatic carbocycles. The molecule has 98 valence electrons. The fraction of sp³-hybridized carbons (Fsp3) is 0.500. The van der Waals surface area contributed by atoms with Crippen molar-refractivity contribution in [3.8, 4) is 0 Å². The maximum atomic E-state index is 10.7. The normalized spacial score (nSPS) is 16.9. The van der Waals surface area contributed by atoms with E-state index in [1.165, 1.54) is 13.0 Å². The number of carbonyl (C=O) groups excluding carboxylic acids is 1. The molecule has 0 saturated carbocycles. The number of hydrogen-bond acceptors (Lipinski definition) is 3. The number of rotatable bonds is 4. The molecule has 3 nitrogen and oxygen atoms in total. The van der Waals surface area contributed by atoms with Gasteiger partial charge in [-0.1, -0.05) is 18.5 Å². The SMILES string of the molecule is CCCN1CCN(c2ccc(C=O)c(Cl)c2)CC1. The summed E-state index contributed by atoms with van der Waals surface area (Å²) in [5.74, 6) is 0. The van der Waals surface area contributed by atoms with Crippen molar-refractivity contribution >= 4 is 23.6 Å². The number of nitrogens with zero attached hydrogens (tertiary/aromatic N) is 2. The van der Waals surface area contributed by atoms with Crippen LogP contribution in [0.4, 0.5) is 5.69 Å². The Kier molecular flexibility index (Phi) is 4.61. The average Bonchev–Trinajstić information content (AvgIpc) is 2.40. The lowest BCUT2D eigenvalue weighted by molar-refractivity contribution is 0.112. The number of carbonyl (C=O) groups is 1. The topological polar surface area (TPSA) is 23.6 Å². The third-order valence-corrected chi connectivity index (χ3v) is 3.72. The fourth-order valence-corrected chi connectivity index (χ4v) is 2.57. The van der Waals surface area contributed by atoms with Gasteiger partial charge < -0.3 is 4.90 Å². The van der Waals surface area contributed by atoms with Crippen LogP contribution in [-0.4, -0.2) is 43.9 Å². The lowest BCUT2D eigenvalue weighted by atomic mass is 10.2. The van der Waals surface area contributed by atoms with Crippen molar-refractivity contribution in [2.45, 2.75) is 13.3 Å². The molecule has 0 spiro atoms. The molecule has 1 aromatic rings. The molecule has 1 aliphatic rings. The molecule has 0 bridgehead atoms. The van der Waals surface area contributed by atoms with Crippen LogP contribution in [-0.2, 0) is 0 Å². The van der Waals surface area contributed by atoms with E-state index >= 15 is 0 Å². The maximum Gasteiger partial charge on any atom is 0.151 e. The summed E-state index contributed by atoms with van der Waals surface area (Å²) in [4.78, 5) is 15.5. The number of aldehydes is 1. The van der Waals surface area contributed by atoms with Crippen molar-refractivity contribution in [3.05, 3.63) is 28.8 Å². The predicted molar refractivity (Wildman–Crippen MR) is 75.8 cm³/mol. The summed E-state index contributed by atoms with van der Waals surface area (Å²) in [6, 6.07) is 5.66. The smallest absolute Gasteiger partial charge is 0.151 e. The summed E-state index contributed by atoms with van der Waals surface area (Å²) in [6.07, 6.45) is 2.01. The minimum atomic E-state index is 0.540. The molecule has 1 fully saturated rings. The molecule has 0 radical (unpaired) electrons. The Morgan fingerprint density at radius 3 is 2.56 bits per heavy atom. The molecular weight excluding hydrogens is 248 g/mol. The van der Waals surface area contributed by atoms with Crippen LogP contribution in [0.5, 0.6) is 0 Å². The Hall–Kier alpha value is -1.06. The predicted octanol–water partition coefficient (Wildman–Crippen LogP) is 2.68. The summed E-state index contributed by atoms with van der Waals surface area (Å²) in [5, 5.41) is 0.540. The van der Waals surface area contributed by atoms with Gasteiger partial charge in [-0.25, -0.2) is 0 Å². The molecule has 18 heavy (non-hydrogen) atoms. The first kappa shape index (κ1) is 13.4. The van der Waals surface area contributed by atoms with E-state index < -0.39 is 0 Å². The van der Waals surface area contributed by atoms with E-state index in [9.17, 15) is 4.79 Å². The highest BCUT2D eigenvalue weighted by atomic mass is 35.5. The first-order chi connectivity index (χ1) is 8.74.